The molecule has 7 nitrogen and oxygen atoms in total. The molecule has 0 aliphatic carbocycles. The van der Waals surface area contributed by atoms with Crippen LogP contribution in [0.25, 0.3) is 0 Å². The molecule has 1 amide bonds. The number of pyridine rings is 1. The molecule has 3 rings (SSSR count). The molecule has 3 heterocycles. The highest BCUT2D eigenvalue weighted by Gasteiger charge is 2.35. The Balaban J connectivity index is 1.69. The Hall–Kier alpha value is -2.41. The molecule has 0 aromatic carbocycles. The number of hydrogen-bond acceptors (Lipinski definition) is 5. The lowest BCUT2D eigenvalue weighted by Crippen LogP contribution is -2.38. The molecule has 1 saturated heterocycles. The number of rotatable bonds is 5. The molecular weight excluding hydrogens is 308 g/mol. The Morgan fingerprint density at radius 3 is 3.08 bits per heavy atom. The van der Waals surface area contributed by atoms with Crippen molar-refractivity contribution < 1.29 is 14.3 Å². The molecule has 0 unspecified atom stereocenters. The van der Waals surface area contributed by atoms with Crippen LogP contribution in [0.4, 0.5) is 0 Å². The van der Waals surface area contributed by atoms with E-state index < -0.39 is 0 Å². The lowest BCUT2D eigenvalue weighted by atomic mass is 9.92. The van der Waals surface area contributed by atoms with Crippen molar-refractivity contribution in [3.8, 4) is 5.88 Å². The molecule has 0 bridgehead atoms. The van der Waals surface area contributed by atoms with Gasteiger partial charge in [-0.05, 0) is 18.9 Å². The highest BCUT2D eigenvalue weighted by Crippen LogP contribution is 2.32. The van der Waals surface area contributed by atoms with Crippen molar-refractivity contribution in [1.82, 2.24) is 19.9 Å². The third-order valence-electron chi connectivity index (χ3n) is 4.27. The van der Waals surface area contributed by atoms with Gasteiger partial charge in [0.25, 0.3) is 0 Å². The number of hydrogen-bond donors (Lipinski definition) is 1. The standard InChI is InChI=1S/C17H22N4O3/c1-21-9-8-18-15(21)14-13(6-4-10-24-14)16(22)20-11-12-5-3-7-19-17(12)23-2/h3,5,7-9,13-14H,4,6,10-11H2,1-2H3,(H,20,22)/t13-,14-/m1/s1. The van der Waals surface area contributed by atoms with Gasteiger partial charge in [0, 0.05) is 44.4 Å². The van der Waals surface area contributed by atoms with E-state index in [1.807, 2.05) is 29.9 Å². The maximum Gasteiger partial charge on any atom is 0.226 e. The quantitative estimate of drug-likeness (QED) is 0.901. The Kier molecular flexibility index (Phi) is 5.10. The number of aromatic nitrogens is 3. The monoisotopic (exact) mass is 330 g/mol. The summed E-state index contributed by atoms with van der Waals surface area (Å²) >= 11 is 0. The fourth-order valence-electron chi connectivity index (χ4n) is 3.01. The Morgan fingerprint density at radius 1 is 1.46 bits per heavy atom. The number of amides is 1. The van der Waals surface area contributed by atoms with Gasteiger partial charge in [-0.1, -0.05) is 6.07 Å². The molecule has 1 aliphatic heterocycles. The van der Waals surface area contributed by atoms with E-state index in [1.54, 1.807) is 19.5 Å². The predicted molar refractivity (Wildman–Crippen MR) is 87.3 cm³/mol. The van der Waals surface area contributed by atoms with Crippen LogP contribution in [0.1, 0.15) is 30.3 Å². The molecule has 2 atom stereocenters. The van der Waals surface area contributed by atoms with Gasteiger partial charge in [0.2, 0.25) is 11.8 Å². The Morgan fingerprint density at radius 2 is 2.33 bits per heavy atom. The summed E-state index contributed by atoms with van der Waals surface area (Å²) in [5.41, 5.74) is 0.846. The molecular formula is C17H22N4O3. The lowest BCUT2D eigenvalue weighted by Gasteiger charge is -2.30. The molecule has 24 heavy (non-hydrogen) atoms. The van der Waals surface area contributed by atoms with Crippen molar-refractivity contribution in [2.75, 3.05) is 13.7 Å². The van der Waals surface area contributed by atoms with E-state index in [1.165, 1.54) is 0 Å². The summed E-state index contributed by atoms with van der Waals surface area (Å²) in [4.78, 5) is 21.2. The van der Waals surface area contributed by atoms with Gasteiger partial charge in [-0.2, -0.15) is 0 Å². The minimum atomic E-state index is -0.311. The third-order valence-corrected chi connectivity index (χ3v) is 4.27. The van der Waals surface area contributed by atoms with Crippen LogP contribution in [0.3, 0.4) is 0 Å². The molecule has 128 valence electrons. The first kappa shape index (κ1) is 16.4. The number of aryl methyl sites for hydroxylation is 1. The second kappa shape index (κ2) is 7.44. The summed E-state index contributed by atoms with van der Waals surface area (Å²) in [6, 6.07) is 3.71. The van der Waals surface area contributed by atoms with Gasteiger partial charge in [-0.25, -0.2) is 9.97 Å². The molecule has 1 fully saturated rings. The molecule has 1 aliphatic rings. The van der Waals surface area contributed by atoms with Gasteiger partial charge >= 0.3 is 0 Å². The maximum absolute atomic E-state index is 12.7. The first-order valence-electron chi connectivity index (χ1n) is 8.05. The highest BCUT2D eigenvalue weighted by atomic mass is 16.5. The zero-order valence-electron chi connectivity index (χ0n) is 13.9. The maximum atomic E-state index is 12.7. The summed E-state index contributed by atoms with van der Waals surface area (Å²) in [5, 5.41) is 2.98. The van der Waals surface area contributed by atoms with Crippen molar-refractivity contribution in [3.63, 3.8) is 0 Å². The number of carbonyl (C=O) groups excluding carboxylic acids is 1. The van der Waals surface area contributed by atoms with Crippen LogP contribution >= 0.6 is 0 Å². The first-order chi connectivity index (χ1) is 11.7. The van der Waals surface area contributed by atoms with Crippen LogP contribution < -0.4 is 10.1 Å². The SMILES string of the molecule is COc1ncccc1CNC(=O)[C@@H]1CCCO[C@H]1c1nccn1C. The molecule has 1 N–H and O–H groups in total. The number of nitrogens with one attached hydrogen (secondary N) is 1. The average Bonchev–Trinajstić information content (AvgIpc) is 3.05. The van der Waals surface area contributed by atoms with Gasteiger partial charge < -0.3 is 19.4 Å². The van der Waals surface area contributed by atoms with Gasteiger partial charge in [0.1, 0.15) is 11.9 Å². The fraction of sp³-hybridized carbons (Fsp3) is 0.471. The van der Waals surface area contributed by atoms with Crippen LogP contribution in [0, 0.1) is 5.92 Å². The van der Waals surface area contributed by atoms with Crippen molar-refractivity contribution in [1.29, 1.82) is 0 Å². The predicted octanol–water partition coefficient (Wildman–Crippen LogP) is 1.61. The second-order valence-electron chi connectivity index (χ2n) is 5.83. The largest absolute Gasteiger partial charge is 0.481 e. The van der Waals surface area contributed by atoms with E-state index in [0.717, 1.165) is 24.2 Å². The molecule has 2 aromatic heterocycles. The van der Waals surface area contributed by atoms with E-state index in [2.05, 4.69) is 15.3 Å². The minimum Gasteiger partial charge on any atom is -0.481 e. The summed E-state index contributed by atoms with van der Waals surface area (Å²) in [5.74, 6) is 1.03. The smallest absolute Gasteiger partial charge is 0.226 e. The van der Waals surface area contributed by atoms with Crippen molar-refractivity contribution >= 4 is 5.91 Å². The lowest BCUT2D eigenvalue weighted by molar-refractivity contribution is -0.135. The highest BCUT2D eigenvalue weighted by molar-refractivity contribution is 5.79. The van der Waals surface area contributed by atoms with E-state index in [9.17, 15) is 4.79 Å². The van der Waals surface area contributed by atoms with Crippen molar-refractivity contribution in [2.24, 2.45) is 13.0 Å². The van der Waals surface area contributed by atoms with E-state index in [0.29, 0.717) is 19.0 Å². The van der Waals surface area contributed by atoms with Gasteiger partial charge in [-0.15, -0.1) is 0 Å². The third kappa shape index (κ3) is 3.41. The van der Waals surface area contributed by atoms with Gasteiger partial charge in [0.05, 0.1) is 13.0 Å². The molecule has 0 spiro atoms. The second-order valence-corrected chi connectivity index (χ2v) is 5.83. The number of nitrogens with zero attached hydrogens (tertiary/aromatic N) is 3. The molecule has 0 radical (unpaired) electrons. The van der Waals surface area contributed by atoms with Crippen LogP contribution in [0.2, 0.25) is 0 Å². The average molecular weight is 330 g/mol. The van der Waals surface area contributed by atoms with Crippen molar-refractivity contribution in [2.45, 2.75) is 25.5 Å². The molecule has 7 heteroatoms. The number of imidazole rings is 1. The van der Waals surface area contributed by atoms with Crippen LogP contribution in [0.5, 0.6) is 5.88 Å². The normalized spacial score (nSPS) is 20.6. The number of methoxy groups -OCH3 is 1. The van der Waals surface area contributed by atoms with E-state index in [-0.39, 0.29) is 17.9 Å². The number of carbonyl (C=O) groups is 1. The minimum absolute atomic E-state index is 0.0337. The van der Waals surface area contributed by atoms with E-state index in [4.69, 9.17) is 9.47 Å². The summed E-state index contributed by atoms with van der Waals surface area (Å²) < 4.78 is 13.0. The summed E-state index contributed by atoms with van der Waals surface area (Å²) in [6.07, 6.45) is 6.60. The first-order valence-corrected chi connectivity index (χ1v) is 8.05. The summed E-state index contributed by atoms with van der Waals surface area (Å²) in [7, 11) is 3.48. The van der Waals surface area contributed by atoms with Gasteiger partial charge in [0.15, 0.2) is 0 Å². The molecule has 2 aromatic rings. The molecule has 0 saturated carbocycles. The van der Waals surface area contributed by atoms with E-state index >= 15 is 0 Å². The van der Waals surface area contributed by atoms with Crippen LogP contribution in [0.15, 0.2) is 30.7 Å². The van der Waals surface area contributed by atoms with Crippen LogP contribution in [-0.2, 0) is 23.1 Å². The van der Waals surface area contributed by atoms with Gasteiger partial charge in [-0.3, -0.25) is 4.79 Å². The van der Waals surface area contributed by atoms with Crippen molar-refractivity contribution in [3.05, 3.63) is 42.1 Å². The Bertz CT molecular complexity index is 701. The topological polar surface area (TPSA) is 78.3 Å². The zero-order chi connectivity index (χ0) is 16.9. The number of ether oxygens (including phenoxy) is 2. The van der Waals surface area contributed by atoms with Crippen LogP contribution in [-0.4, -0.2) is 34.2 Å². The zero-order valence-corrected chi connectivity index (χ0v) is 13.9. The Labute approximate surface area is 141 Å². The fourth-order valence-corrected chi connectivity index (χ4v) is 3.01. The summed E-state index contributed by atoms with van der Waals surface area (Å²) in [6.45, 7) is 1.03.